The summed E-state index contributed by atoms with van der Waals surface area (Å²) in [5, 5.41) is 12.3. The van der Waals surface area contributed by atoms with Gasteiger partial charge in [0, 0.05) is 19.2 Å². The Balaban J connectivity index is 1.96. The Hall–Kier alpha value is -1.64. The molecule has 0 bridgehead atoms. The van der Waals surface area contributed by atoms with Crippen LogP contribution in [0.4, 0.5) is 0 Å². The number of aliphatic hydroxyl groups excluding tert-OH is 1. The van der Waals surface area contributed by atoms with Crippen LogP contribution in [-0.4, -0.2) is 17.8 Å². The maximum absolute atomic E-state index is 8.84. The number of hydrogen-bond donors (Lipinski definition) is 2. The summed E-state index contributed by atoms with van der Waals surface area (Å²) in [7, 11) is 0. The van der Waals surface area contributed by atoms with E-state index in [1.165, 1.54) is 16.7 Å². The fourth-order valence-corrected chi connectivity index (χ4v) is 2.28. The fraction of sp³-hybridized carbons (Fsp3) is 0.333. The quantitative estimate of drug-likeness (QED) is 0.805. The summed E-state index contributed by atoms with van der Waals surface area (Å²) in [4.78, 5) is 0. The van der Waals surface area contributed by atoms with Gasteiger partial charge in [0.25, 0.3) is 0 Å². The van der Waals surface area contributed by atoms with Crippen molar-refractivity contribution in [1.29, 1.82) is 0 Å². The lowest BCUT2D eigenvalue weighted by molar-refractivity contribution is 0.276. The van der Waals surface area contributed by atoms with Gasteiger partial charge in [-0.3, -0.25) is 0 Å². The van der Waals surface area contributed by atoms with Gasteiger partial charge in [0.1, 0.15) is 0 Å². The second kappa shape index (κ2) is 7.83. The molecular formula is C18H23NO. The van der Waals surface area contributed by atoms with Crippen LogP contribution in [0.1, 0.15) is 25.3 Å². The molecule has 2 aromatic carbocycles. The van der Waals surface area contributed by atoms with Gasteiger partial charge in [0.2, 0.25) is 0 Å². The molecule has 0 radical (unpaired) electrons. The van der Waals surface area contributed by atoms with Gasteiger partial charge in [0.15, 0.2) is 0 Å². The highest BCUT2D eigenvalue weighted by Crippen LogP contribution is 2.19. The normalized spacial score (nSPS) is 12.3. The smallest absolute Gasteiger partial charge is 0.0431 e. The summed E-state index contributed by atoms with van der Waals surface area (Å²) in [6.07, 6.45) is 1.87. The average Bonchev–Trinajstić information content (AvgIpc) is 2.52. The second-order valence-corrected chi connectivity index (χ2v) is 5.21. The Morgan fingerprint density at radius 1 is 1.00 bits per heavy atom. The predicted molar refractivity (Wildman–Crippen MR) is 84.5 cm³/mol. The van der Waals surface area contributed by atoms with Crippen molar-refractivity contribution < 1.29 is 5.11 Å². The minimum Gasteiger partial charge on any atom is -0.396 e. The molecule has 2 nitrogen and oxygen atoms in total. The zero-order valence-corrected chi connectivity index (χ0v) is 12.0. The Kier molecular flexibility index (Phi) is 5.78. The molecule has 20 heavy (non-hydrogen) atoms. The average molecular weight is 269 g/mol. The molecule has 2 aromatic rings. The maximum atomic E-state index is 8.84. The lowest BCUT2D eigenvalue weighted by Gasteiger charge is -2.13. The van der Waals surface area contributed by atoms with Gasteiger partial charge < -0.3 is 10.4 Å². The summed E-state index contributed by atoms with van der Waals surface area (Å²) in [6, 6.07) is 19.5. The Bertz CT molecular complexity index is 510. The first-order chi connectivity index (χ1) is 9.79. The largest absolute Gasteiger partial charge is 0.396 e. The highest BCUT2D eigenvalue weighted by Gasteiger charge is 2.02. The van der Waals surface area contributed by atoms with Crippen LogP contribution in [0.5, 0.6) is 0 Å². The molecule has 0 amide bonds. The highest BCUT2D eigenvalue weighted by atomic mass is 16.2. The van der Waals surface area contributed by atoms with Crippen LogP contribution < -0.4 is 5.32 Å². The third-order valence-corrected chi connectivity index (χ3v) is 3.48. The summed E-state index contributed by atoms with van der Waals surface area (Å²) >= 11 is 0. The zero-order valence-electron chi connectivity index (χ0n) is 12.0. The molecule has 2 heteroatoms. The summed E-state index contributed by atoms with van der Waals surface area (Å²) in [5.74, 6) is 0. The molecule has 0 aromatic heterocycles. The van der Waals surface area contributed by atoms with Crippen LogP contribution >= 0.6 is 0 Å². The summed E-state index contributed by atoms with van der Waals surface area (Å²) in [6.45, 7) is 3.31. The van der Waals surface area contributed by atoms with E-state index in [1.54, 1.807) is 0 Å². The minimum atomic E-state index is 0.273. The molecule has 0 aliphatic carbocycles. The van der Waals surface area contributed by atoms with Crippen LogP contribution in [0.2, 0.25) is 0 Å². The molecule has 0 saturated carbocycles. The van der Waals surface area contributed by atoms with Gasteiger partial charge in [-0.1, -0.05) is 48.5 Å². The van der Waals surface area contributed by atoms with E-state index in [0.29, 0.717) is 6.04 Å². The van der Waals surface area contributed by atoms with Crippen molar-refractivity contribution >= 4 is 0 Å². The number of benzene rings is 2. The van der Waals surface area contributed by atoms with Crippen LogP contribution in [0.25, 0.3) is 11.1 Å². The third-order valence-electron chi connectivity index (χ3n) is 3.48. The van der Waals surface area contributed by atoms with E-state index >= 15 is 0 Å². The molecule has 2 N–H and O–H groups in total. The Morgan fingerprint density at radius 3 is 2.50 bits per heavy atom. The van der Waals surface area contributed by atoms with E-state index in [-0.39, 0.29) is 6.61 Å². The van der Waals surface area contributed by atoms with Crippen LogP contribution in [-0.2, 0) is 6.54 Å². The van der Waals surface area contributed by atoms with Crippen molar-refractivity contribution in [1.82, 2.24) is 5.32 Å². The molecular weight excluding hydrogens is 246 g/mol. The van der Waals surface area contributed by atoms with Crippen LogP contribution in [0.15, 0.2) is 54.6 Å². The van der Waals surface area contributed by atoms with Crippen LogP contribution in [0, 0.1) is 0 Å². The number of nitrogens with one attached hydrogen (secondary N) is 1. The molecule has 2 rings (SSSR count). The number of hydrogen-bond acceptors (Lipinski definition) is 2. The fourth-order valence-electron chi connectivity index (χ4n) is 2.28. The maximum Gasteiger partial charge on any atom is 0.0431 e. The van der Waals surface area contributed by atoms with Crippen molar-refractivity contribution in [3.05, 3.63) is 60.2 Å². The summed E-state index contributed by atoms with van der Waals surface area (Å²) in [5.41, 5.74) is 3.80. The first-order valence-electron chi connectivity index (χ1n) is 7.28. The lowest BCUT2D eigenvalue weighted by atomic mass is 10.0. The first-order valence-corrected chi connectivity index (χ1v) is 7.28. The molecule has 106 valence electrons. The van der Waals surface area contributed by atoms with Gasteiger partial charge in [-0.25, -0.2) is 0 Å². The SMILES string of the molecule is CC(CCCO)NCc1cccc(-c2ccccc2)c1. The first kappa shape index (κ1) is 14.8. The molecule has 0 spiro atoms. The van der Waals surface area contributed by atoms with Gasteiger partial charge in [-0.2, -0.15) is 0 Å². The van der Waals surface area contributed by atoms with Crippen molar-refractivity contribution in [3.63, 3.8) is 0 Å². The van der Waals surface area contributed by atoms with E-state index in [2.05, 4.69) is 60.8 Å². The molecule has 0 aliphatic rings. The van der Waals surface area contributed by atoms with Crippen molar-refractivity contribution in [2.75, 3.05) is 6.61 Å². The van der Waals surface area contributed by atoms with Gasteiger partial charge in [-0.05, 0) is 42.5 Å². The van der Waals surface area contributed by atoms with E-state index in [9.17, 15) is 0 Å². The van der Waals surface area contributed by atoms with Gasteiger partial charge in [-0.15, -0.1) is 0 Å². The van der Waals surface area contributed by atoms with E-state index in [1.807, 2.05) is 6.07 Å². The van der Waals surface area contributed by atoms with Crippen LogP contribution in [0.3, 0.4) is 0 Å². The van der Waals surface area contributed by atoms with Crippen molar-refractivity contribution in [2.24, 2.45) is 0 Å². The molecule has 0 aliphatic heterocycles. The number of rotatable bonds is 7. The predicted octanol–water partition coefficient (Wildman–Crippen LogP) is 3.60. The van der Waals surface area contributed by atoms with E-state index in [4.69, 9.17) is 5.11 Å². The molecule has 0 saturated heterocycles. The third kappa shape index (κ3) is 4.48. The topological polar surface area (TPSA) is 32.3 Å². The Morgan fingerprint density at radius 2 is 1.75 bits per heavy atom. The molecule has 0 heterocycles. The minimum absolute atomic E-state index is 0.273. The highest BCUT2D eigenvalue weighted by molar-refractivity contribution is 5.63. The standard InChI is InChI=1S/C18H23NO/c1-15(7-6-12-20)19-14-16-8-5-11-18(13-16)17-9-3-2-4-10-17/h2-5,8-11,13,15,19-20H,6-7,12,14H2,1H3. The van der Waals surface area contributed by atoms with Gasteiger partial charge >= 0.3 is 0 Å². The van der Waals surface area contributed by atoms with Crippen molar-refractivity contribution in [2.45, 2.75) is 32.4 Å². The second-order valence-electron chi connectivity index (χ2n) is 5.21. The van der Waals surface area contributed by atoms with E-state index < -0.39 is 0 Å². The molecule has 0 fully saturated rings. The molecule has 1 atom stereocenters. The summed E-state index contributed by atoms with van der Waals surface area (Å²) < 4.78 is 0. The number of aliphatic hydroxyl groups is 1. The lowest BCUT2D eigenvalue weighted by Crippen LogP contribution is -2.25. The van der Waals surface area contributed by atoms with Crippen molar-refractivity contribution in [3.8, 4) is 11.1 Å². The van der Waals surface area contributed by atoms with E-state index in [0.717, 1.165) is 19.4 Å². The zero-order chi connectivity index (χ0) is 14.2. The monoisotopic (exact) mass is 269 g/mol. The molecule has 1 unspecified atom stereocenters. The van der Waals surface area contributed by atoms with Gasteiger partial charge in [0.05, 0.1) is 0 Å². The Labute approximate surface area is 121 Å².